The van der Waals surface area contributed by atoms with Gasteiger partial charge in [-0.1, -0.05) is 12.1 Å². The van der Waals surface area contributed by atoms with Gasteiger partial charge in [-0.2, -0.15) is 5.10 Å². The molecule has 0 amide bonds. The lowest BCUT2D eigenvalue weighted by Gasteiger charge is -2.01. The minimum absolute atomic E-state index is 0.520. The first kappa shape index (κ1) is 8.73. The lowest BCUT2D eigenvalue weighted by molar-refractivity contribution is 0.609. The predicted molar refractivity (Wildman–Crippen MR) is 58.0 cm³/mol. The fourth-order valence-electron chi connectivity index (χ4n) is 1.46. The molecule has 1 heterocycles. The molecule has 13 heavy (non-hydrogen) atoms. The molecule has 5 heteroatoms. The fourth-order valence-corrected chi connectivity index (χ4v) is 1.75. The highest BCUT2D eigenvalue weighted by atomic mass is 31.0. The van der Waals surface area contributed by atoms with Crippen molar-refractivity contribution in [3.05, 3.63) is 24.4 Å². The van der Waals surface area contributed by atoms with Crippen LogP contribution in [0.15, 0.2) is 24.4 Å². The number of benzene rings is 1. The molecule has 1 aromatic heterocycles. The SMILES string of the molecule is Cn1ncc2c(B(O)P)cccc21. The number of fused-ring (bicyclic) bond motifs is 1. The smallest absolute Gasteiger partial charge is 0.347 e. The van der Waals surface area contributed by atoms with Gasteiger partial charge in [-0.25, -0.2) is 0 Å². The summed E-state index contributed by atoms with van der Waals surface area (Å²) in [4.78, 5) is 0. The number of aromatic nitrogens is 2. The van der Waals surface area contributed by atoms with Crippen molar-refractivity contribution in [1.29, 1.82) is 0 Å². The fraction of sp³-hybridized carbons (Fsp3) is 0.125. The third-order valence-electron chi connectivity index (χ3n) is 2.14. The Kier molecular flexibility index (Phi) is 2.10. The van der Waals surface area contributed by atoms with Crippen LogP contribution >= 0.6 is 9.12 Å². The van der Waals surface area contributed by atoms with Crippen molar-refractivity contribution < 1.29 is 5.02 Å². The number of aryl methyl sites for hydroxylation is 1. The van der Waals surface area contributed by atoms with Crippen molar-refractivity contribution in [2.45, 2.75) is 0 Å². The molecule has 2 rings (SSSR count). The van der Waals surface area contributed by atoms with Crippen LogP contribution in [0.1, 0.15) is 0 Å². The van der Waals surface area contributed by atoms with E-state index in [0.717, 1.165) is 16.4 Å². The van der Waals surface area contributed by atoms with E-state index in [1.165, 1.54) is 0 Å². The van der Waals surface area contributed by atoms with Crippen LogP contribution in [0.2, 0.25) is 0 Å². The van der Waals surface area contributed by atoms with Crippen LogP contribution in [0.25, 0.3) is 10.9 Å². The highest BCUT2D eigenvalue weighted by Crippen LogP contribution is 2.11. The second-order valence-corrected chi connectivity index (χ2v) is 3.62. The number of hydrogen-bond donors (Lipinski definition) is 1. The topological polar surface area (TPSA) is 38.0 Å². The van der Waals surface area contributed by atoms with Gasteiger partial charge < -0.3 is 5.02 Å². The molecule has 2 aromatic rings. The maximum Gasteiger partial charge on any atom is 0.347 e. The monoisotopic (exact) mass is 192 g/mol. The summed E-state index contributed by atoms with van der Waals surface area (Å²) in [7, 11) is 4.26. The zero-order valence-corrected chi connectivity index (χ0v) is 8.46. The third kappa shape index (κ3) is 1.36. The van der Waals surface area contributed by atoms with Gasteiger partial charge in [0.25, 0.3) is 0 Å². The molecule has 0 saturated heterocycles. The highest BCUT2D eigenvalue weighted by Gasteiger charge is 2.12. The van der Waals surface area contributed by atoms with Crippen LogP contribution in [-0.4, -0.2) is 21.4 Å². The zero-order valence-electron chi connectivity index (χ0n) is 7.31. The van der Waals surface area contributed by atoms with Gasteiger partial charge in [0.15, 0.2) is 0 Å². The Balaban J connectivity index is 2.77. The van der Waals surface area contributed by atoms with Crippen molar-refractivity contribution in [2.75, 3.05) is 0 Å². The van der Waals surface area contributed by atoms with Gasteiger partial charge in [-0.05, 0) is 11.5 Å². The molecule has 0 aliphatic rings. The summed E-state index contributed by atoms with van der Waals surface area (Å²) in [5, 5.41) is 14.6. The van der Waals surface area contributed by atoms with E-state index in [-0.39, 0.29) is 0 Å². The van der Waals surface area contributed by atoms with Gasteiger partial charge in [0, 0.05) is 12.4 Å². The summed E-state index contributed by atoms with van der Waals surface area (Å²) in [5.41, 5.74) is 1.94. The Bertz CT molecular complexity index is 441. The zero-order chi connectivity index (χ0) is 9.42. The average Bonchev–Trinajstić information content (AvgIpc) is 2.48. The number of rotatable bonds is 1. The van der Waals surface area contributed by atoms with E-state index >= 15 is 0 Å². The Labute approximate surface area is 79.0 Å². The van der Waals surface area contributed by atoms with Gasteiger partial charge >= 0.3 is 6.64 Å². The number of nitrogens with zero attached hydrogens (tertiary/aromatic N) is 2. The van der Waals surface area contributed by atoms with Crippen molar-refractivity contribution in [2.24, 2.45) is 7.05 Å². The Morgan fingerprint density at radius 2 is 2.31 bits per heavy atom. The van der Waals surface area contributed by atoms with E-state index in [4.69, 9.17) is 0 Å². The summed E-state index contributed by atoms with van der Waals surface area (Å²) in [6.07, 6.45) is 1.78. The first-order valence-corrected chi connectivity index (χ1v) is 4.71. The standard InChI is InChI=1S/C8H10BN2OP/c1-11-8-4-2-3-7(9(12)13)6(8)5-10-11/h2-5,12H,13H2,1H3. The van der Waals surface area contributed by atoms with E-state index in [2.05, 4.69) is 14.2 Å². The Hall–Kier alpha value is -0.855. The maximum atomic E-state index is 9.46. The molecule has 1 unspecified atom stereocenters. The van der Waals surface area contributed by atoms with Crippen LogP contribution in [0.4, 0.5) is 0 Å². The van der Waals surface area contributed by atoms with Gasteiger partial charge in [-0.15, -0.1) is 9.12 Å². The molecule has 1 atom stereocenters. The highest BCUT2D eigenvalue weighted by molar-refractivity contribution is 7.63. The molecule has 0 aliphatic carbocycles. The minimum Gasteiger partial charge on any atom is -0.443 e. The van der Waals surface area contributed by atoms with Gasteiger partial charge in [0.2, 0.25) is 0 Å². The van der Waals surface area contributed by atoms with Gasteiger partial charge in [-0.3, -0.25) is 4.68 Å². The largest absolute Gasteiger partial charge is 0.443 e. The van der Waals surface area contributed by atoms with Gasteiger partial charge in [0.1, 0.15) is 0 Å². The average molecular weight is 192 g/mol. The molecule has 0 bridgehead atoms. The molecular weight excluding hydrogens is 182 g/mol. The van der Waals surface area contributed by atoms with E-state index < -0.39 is 6.64 Å². The second kappa shape index (κ2) is 3.13. The summed E-state index contributed by atoms with van der Waals surface area (Å²) in [5.74, 6) is 0. The van der Waals surface area contributed by atoms with Crippen LogP contribution in [0, 0.1) is 0 Å². The minimum atomic E-state index is -0.520. The first-order valence-electron chi connectivity index (χ1n) is 4.04. The summed E-state index contributed by atoms with van der Waals surface area (Å²) < 4.78 is 1.80. The lowest BCUT2D eigenvalue weighted by atomic mass is 9.84. The molecule has 3 nitrogen and oxygen atoms in total. The predicted octanol–water partition coefficient (Wildman–Crippen LogP) is 0.136. The molecule has 1 N–H and O–H groups in total. The van der Waals surface area contributed by atoms with Crippen molar-refractivity contribution in [3.63, 3.8) is 0 Å². The van der Waals surface area contributed by atoms with Crippen molar-refractivity contribution in [3.8, 4) is 0 Å². The normalized spacial score (nSPS) is 10.7. The maximum absolute atomic E-state index is 9.46. The molecule has 66 valence electrons. The Morgan fingerprint density at radius 1 is 1.54 bits per heavy atom. The van der Waals surface area contributed by atoms with E-state index in [1.807, 2.05) is 25.2 Å². The summed E-state index contributed by atoms with van der Waals surface area (Å²) in [6, 6.07) is 5.81. The van der Waals surface area contributed by atoms with Crippen molar-refractivity contribution in [1.82, 2.24) is 9.78 Å². The molecule has 1 aromatic carbocycles. The molecule has 0 aliphatic heterocycles. The number of hydrogen-bond acceptors (Lipinski definition) is 2. The first-order chi connectivity index (χ1) is 6.20. The van der Waals surface area contributed by atoms with Crippen molar-refractivity contribution >= 4 is 32.1 Å². The Morgan fingerprint density at radius 3 is 3.00 bits per heavy atom. The third-order valence-corrected chi connectivity index (χ3v) is 2.50. The molecule has 0 saturated carbocycles. The lowest BCUT2D eigenvalue weighted by Crippen LogP contribution is -2.23. The molecule has 0 radical (unpaired) electrons. The van der Waals surface area contributed by atoms with Gasteiger partial charge in [0.05, 0.1) is 11.7 Å². The van der Waals surface area contributed by atoms with E-state index in [9.17, 15) is 5.02 Å². The summed E-state index contributed by atoms with van der Waals surface area (Å²) in [6.45, 7) is -0.520. The van der Waals surface area contributed by atoms with Crippen LogP contribution in [-0.2, 0) is 7.05 Å². The van der Waals surface area contributed by atoms with E-state index in [1.54, 1.807) is 10.9 Å². The van der Waals surface area contributed by atoms with E-state index in [0.29, 0.717) is 0 Å². The summed E-state index contributed by atoms with van der Waals surface area (Å²) >= 11 is 0. The quantitative estimate of drug-likeness (QED) is 0.515. The van der Waals surface area contributed by atoms with Crippen LogP contribution in [0.3, 0.4) is 0 Å². The molecule has 0 fully saturated rings. The molecular formula is C8H10BN2OP. The molecule has 0 spiro atoms. The van der Waals surface area contributed by atoms with Crippen LogP contribution in [0.5, 0.6) is 0 Å². The van der Waals surface area contributed by atoms with Crippen LogP contribution < -0.4 is 5.46 Å². The second-order valence-electron chi connectivity index (χ2n) is 2.99.